The highest BCUT2D eigenvalue weighted by molar-refractivity contribution is 7.89. The summed E-state index contributed by atoms with van der Waals surface area (Å²) in [4.78, 5) is 19.6. The van der Waals surface area contributed by atoms with Crippen molar-refractivity contribution < 1.29 is 17.6 Å². The molecule has 6 nitrogen and oxygen atoms in total. The third-order valence-corrected chi connectivity index (χ3v) is 8.42. The van der Waals surface area contributed by atoms with Gasteiger partial charge in [-0.2, -0.15) is 4.31 Å². The molecule has 0 saturated heterocycles. The Labute approximate surface area is 185 Å². The van der Waals surface area contributed by atoms with E-state index in [-0.39, 0.29) is 16.6 Å². The van der Waals surface area contributed by atoms with Gasteiger partial charge in [-0.25, -0.2) is 17.8 Å². The monoisotopic (exact) mass is 459 g/mol. The lowest BCUT2D eigenvalue weighted by Gasteiger charge is -2.20. The quantitative estimate of drug-likeness (QED) is 0.554. The standard InChI is InChI=1S/C22H22FN3O3S2/c1-3-25(4-2)31(28,29)16-9-10-19-15(13-16)11-12-26(19)22(27)20-14-24-21(30-20)17-7-5-6-8-18(17)23/h5-10,13-14H,3-4,11-12H2,1-2H3. The Hall–Kier alpha value is -2.62. The Bertz CT molecular complexity index is 1240. The smallest absolute Gasteiger partial charge is 0.270 e. The molecule has 0 bridgehead atoms. The minimum Gasteiger partial charge on any atom is -0.307 e. The number of fused-ring (bicyclic) bond motifs is 1. The Balaban J connectivity index is 1.61. The number of aromatic nitrogens is 1. The maximum Gasteiger partial charge on any atom is 0.270 e. The fourth-order valence-electron chi connectivity index (χ4n) is 3.73. The van der Waals surface area contributed by atoms with Gasteiger partial charge in [-0.1, -0.05) is 26.0 Å². The summed E-state index contributed by atoms with van der Waals surface area (Å²) < 4.78 is 41.1. The van der Waals surface area contributed by atoms with E-state index >= 15 is 0 Å². The molecule has 0 fully saturated rings. The molecule has 0 aliphatic carbocycles. The van der Waals surface area contributed by atoms with E-state index in [9.17, 15) is 17.6 Å². The highest BCUT2D eigenvalue weighted by atomic mass is 32.2. The molecule has 0 atom stereocenters. The van der Waals surface area contributed by atoms with Crippen LogP contribution in [0.25, 0.3) is 10.6 Å². The summed E-state index contributed by atoms with van der Waals surface area (Å²) in [5, 5.41) is 0.446. The van der Waals surface area contributed by atoms with Crippen molar-refractivity contribution in [2.45, 2.75) is 25.2 Å². The molecule has 1 aliphatic rings. The lowest BCUT2D eigenvalue weighted by molar-refractivity contribution is 0.0993. The molecule has 1 aliphatic heterocycles. The summed E-state index contributed by atoms with van der Waals surface area (Å²) >= 11 is 1.14. The molecule has 0 unspecified atom stereocenters. The molecule has 9 heteroatoms. The molecule has 2 aromatic carbocycles. The minimum absolute atomic E-state index is 0.224. The number of sulfonamides is 1. The second-order valence-electron chi connectivity index (χ2n) is 7.10. The van der Waals surface area contributed by atoms with Gasteiger partial charge in [-0.05, 0) is 42.3 Å². The highest BCUT2D eigenvalue weighted by Crippen LogP contribution is 2.34. The van der Waals surface area contributed by atoms with Crippen LogP contribution < -0.4 is 4.90 Å². The number of halogens is 1. The van der Waals surface area contributed by atoms with Crippen LogP contribution in [0.4, 0.5) is 10.1 Å². The highest BCUT2D eigenvalue weighted by Gasteiger charge is 2.30. The van der Waals surface area contributed by atoms with Crippen molar-refractivity contribution in [3.63, 3.8) is 0 Å². The molecular formula is C22H22FN3O3S2. The average molecular weight is 460 g/mol. The molecule has 0 spiro atoms. The summed E-state index contributed by atoms with van der Waals surface area (Å²) in [5.41, 5.74) is 1.88. The fraction of sp³-hybridized carbons (Fsp3) is 0.273. The van der Waals surface area contributed by atoms with Crippen LogP contribution in [-0.4, -0.2) is 43.2 Å². The van der Waals surface area contributed by atoms with Gasteiger partial charge in [0.1, 0.15) is 15.7 Å². The summed E-state index contributed by atoms with van der Waals surface area (Å²) in [6, 6.07) is 11.2. The van der Waals surface area contributed by atoms with Gasteiger partial charge < -0.3 is 4.90 Å². The Morgan fingerprint density at radius 2 is 1.94 bits per heavy atom. The van der Waals surface area contributed by atoms with Crippen molar-refractivity contribution in [2.24, 2.45) is 0 Å². The van der Waals surface area contributed by atoms with Gasteiger partial charge in [0.2, 0.25) is 10.0 Å². The number of carbonyl (C=O) groups excluding carboxylic acids is 1. The summed E-state index contributed by atoms with van der Waals surface area (Å²) in [6.07, 6.45) is 2.04. The molecule has 3 aromatic rings. The van der Waals surface area contributed by atoms with Crippen LogP contribution in [0, 0.1) is 5.82 Å². The number of anilines is 1. The number of rotatable bonds is 6. The van der Waals surface area contributed by atoms with Gasteiger partial charge in [-0.15, -0.1) is 11.3 Å². The lowest BCUT2D eigenvalue weighted by Crippen LogP contribution is -2.30. The van der Waals surface area contributed by atoms with E-state index in [0.29, 0.717) is 47.2 Å². The Kier molecular flexibility index (Phi) is 5.92. The van der Waals surface area contributed by atoms with Gasteiger partial charge in [-0.3, -0.25) is 4.79 Å². The maximum atomic E-state index is 14.0. The first-order chi connectivity index (χ1) is 14.9. The second-order valence-corrected chi connectivity index (χ2v) is 10.1. The van der Waals surface area contributed by atoms with Gasteiger partial charge in [0, 0.05) is 30.9 Å². The van der Waals surface area contributed by atoms with Crippen molar-refractivity contribution in [3.05, 3.63) is 64.9 Å². The zero-order valence-electron chi connectivity index (χ0n) is 17.2. The molecule has 1 amide bonds. The third kappa shape index (κ3) is 3.88. The SMILES string of the molecule is CCN(CC)S(=O)(=O)c1ccc2c(c1)CCN2C(=O)c1cnc(-c2ccccc2F)s1. The van der Waals surface area contributed by atoms with E-state index in [1.807, 2.05) is 0 Å². The summed E-state index contributed by atoms with van der Waals surface area (Å²) in [7, 11) is -3.56. The van der Waals surface area contributed by atoms with Crippen LogP contribution in [0.2, 0.25) is 0 Å². The molecule has 4 rings (SSSR count). The Morgan fingerprint density at radius 3 is 2.65 bits per heavy atom. The van der Waals surface area contributed by atoms with Crippen LogP contribution in [0.5, 0.6) is 0 Å². The Morgan fingerprint density at radius 1 is 1.19 bits per heavy atom. The number of benzene rings is 2. The minimum atomic E-state index is -3.56. The van der Waals surface area contributed by atoms with Crippen LogP contribution in [0.3, 0.4) is 0 Å². The van der Waals surface area contributed by atoms with E-state index in [1.54, 1.807) is 55.1 Å². The normalized spacial score (nSPS) is 13.6. The number of hydrogen-bond acceptors (Lipinski definition) is 5. The van der Waals surface area contributed by atoms with E-state index in [1.165, 1.54) is 16.6 Å². The predicted octanol–water partition coefficient (Wildman–Crippen LogP) is 4.18. The zero-order chi connectivity index (χ0) is 22.2. The molecule has 2 heterocycles. The topological polar surface area (TPSA) is 70.6 Å². The van der Waals surface area contributed by atoms with E-state index in [4.69, 9.17) is 0 Å². The third-order valence-electron chi connectivity index (χ3n) is 5.36. The van der Waals surface area contributed by atoms with Gasteiger partial charge in [0.05, 0.1) is 11.1 Å². The van der Waals surface area contributed by atoms with E-state index < -0.39 is 10.0 Å². The fourth-order valence-corrected chi connectivity index (χ4v) is 6.13. The van der Waals surface area contributed by atoms with Crippen molar-refractivity contribution >= 4 is 33.0 Å². The molecule has 1 aromatic heterocycles. The van der Waals surface area contributed by atoms with E-state index in [2.05, 4.69) is 4.98 Å². The molecule has 162 valence electrons. The molecular weight excluding hydrogens is 437 g/mol. The molecule has 0 saturated carbocycles. The maximum absolute atomic E-state index is 14.0. The lowest BCUT2D eigenvalue weighted by atomic mass is 10.2. The van der Waals surface area contributed by atoms with Crippen molar-refractivity contribution in [2.75, 3.05) is 24.5 Å². The van der Waals surface area contributed by atoms with Gasteiger partial charge >= 0.3 is 0 Å². The van der Waals surface area contributed by atoms with E-state index in [0.717, 1.165) is 16.9 Å². The zero-order valence-corrected chi connectivity index (χ0v) is 18.8. The summed E-state index contributed by atoms with van der Waals surface area (Å²) in [5.74, 6) is -0.609. The van der Waals surface area contributed by atoms with Crippen LogP contribution >= 0.6 is 11.3 Å². The van der Waals surface area contributed by atoms with Crippen LogP contribution in [0.1, 0.15) is 29.1 Å². The molecule has 0 N–H and O–H groups in total. The molecule has 31 heavy (non-hydrogen) atoms. The van der Waals surface area contributed by atoms with Crippen molar-refractivity contribution in [3.8, 4) is 10.6 Å². The van der Waals surface area contributed by atoms with Crippen molar-refractivity contribution in [1.29, 1.82) is 0 Å². The van der Waals surface area contributed by atoms with Gasteiger partial charge in [0.15, 0.2) is 0 Å². The largest absolute Gasteiger partial charge is 0.307 e. The molecule has 0 radical (unpaired) electrons. The second kappa shape index (κ2) is 8.49. The number of thiazole rings is 1. The first-order valence-corrected chi connectivity index (χ1v) is 12.3. The van der Waals surface area contributed by atoms with Crippen LogP contribution in [-0.2, 0) is 16.4 Å². The average Bonchev–Trinajstić information content (AvgIpc) is 3.41. The number of hydrogen-bond donors (Lipinski definition) is 0. The van der Waals surface area contributed by atoms with Crippen LogP contribution in [0.15, 0.2) is 53.6 Å². The summed E-state index contributed by atoms with van der Waals surface area (Å²) in [6.45, 7) is 4.86. The van der Waals surface area contributed by atoms with Crippen molar-refractivity contribution in [1.82, 2.24) is 9.29 Å². The number of carbonyl (C=O) groups is 1. The first-order valence-electron chi connectivity index (χ1n) is 10.0. The van der Waals surface area contributed by atoms with Gasteiger partial charge in [0.25, 0.3) is 5.91 Å². The first kappa shape index (κ1) is 21.6. The number of nitrogens with zero attached hydrogens (tertiary/aromatic N) is 3. The predicted molar refractivity (Wildman–Crippen MR) is 119 cm³/mol. The number of amides is 1.